The molecule has 21 heavy (non-hydrogen) atoms. The standard InChI is InChI=1S/C15H23N3O3/c1-15(2,3)21-14(19)18-8-5-12(6-9-18)20-13-10-11(16)4-7-17-13/h4,7,10,12H,5-6,8-9H2,1-3H3,(H2,16,17). The third kappa shape index (κ3) is 4.81. The van der Waals surface area contributed by atoms with Gasteiger partial charge in [0.05, 0.1) is 0 Å². The molecule has 0 aromatic carbocycles. The van der Waals surface area contributed by atoms with E-state index in [1.807, 2.05) is 20.8 Å². The third-order valence-electron chi connectivity index (χ3n) is 3.14. The summed E-state index contributed by atoms with van der Waals surface area (Å²) in [7, 11) is 0. The fourth-order valence-electron chi connectivity index (χ4n) is 2.14. The van der Waals surface area contributed by atoms with Gasteiger partial charge in [0.25, 0.3) is 0 Å². The first-order chi connectivity index (χ1) is 9.83. The molecule has 6 nitrogen and oxygen atoms in total. The van der Waals surface area contributed by atoms with Gasteiger partial charge in [-0.25, -0.2) is 9.78 Å². The van der Waals surface area contributed by atoms with E-state index >= 15 is 0 Å². The number of nitrogens with zero attached hydrogens (tertiary/aromatic N) is 2. The number of carbonyl (C=O) groups excluding carboxylic acids is 1. The summed E-state index contributed by atoms with van der Waals surface area (Å²) in [6.07, 6.45) is 2.94. The Bertz CT molecular complexity index is 491. The molecule has 2 rings (SSSR count). The highest BCUT2D eigenvalue weighted by Gasteiger charge is 2.27. The van der Waals surface area contributed by atoms with Crippen molar-refractivity contribution in [1.82, 2.24) is 9.88 Å². The largest absolute Gasteiger partial charge is 0.474 e. The van der Waals surface area contributed by atoms with Crippen molar-refractivity contribution >= 4 is 11.8 Å². The quantitative estimate of drug-likeness (QED) is 0.906. The van der Waals surface area contributed by atoms with Crippen LogP contribution in [-0.4, -0.2) is 40.8 Å². The lowest BCUT2D eigenvalue weighted by atomic mass is 10.1. The van der Waals surface area contributed by atoms with Gasteiger partial charge in [-0.2, -0.15) is 0 Å². The zero-order valence-corrected chi connectivity index (χ0v) is 12.8. The summed E-state index contributed by atoms with van der Waals surface area (Å²) in [6, 6.07) is 3.43. The Balaban J connectivity index is 1.82. The number of nitrogen functional groups attached to an aromatic ring is 1. The van der Waals surface area contributed by atoms with Crippen molar-refractivity contribution in [1.29, 1.82) is 0 Å². The van der Waals surface area contributed by atoms with Gasteiger partial charge >= 0.3 is 6.09 Å². The van der Waals surface area contributed by atoms with Gasteiger partial charge in [0.2, 0.25) is 5.88 Å². The monoisotopic (exact) mass is 293 g/mol. The molecule has 6 heteroatoms. The van der Waals surface area contributed by atoms with Crippen molar-refractivity contribution < 1.29 is 14.3 Å². The molecule has 1 aromatic rings. The highest BCUT2D eigenvalue weighted by molar-refractivity contribution is 5.68. The number of rotatable bonds is 2. The first kappa shape index (κ1) is 15.4. The average molecular weight is 293 g/mol. The predicted octanol–water partition coefficient (Wildman–Crippen LogP) is 2.44. The second-order valence-corrected chi connectivity index (χ2v) is 6.21. The van der Waals surface area contributed by atoms with E-state index in [-0.39, 0.29) is 12.2 Å². The lowest BCUT2D eigenvalue weighted by molar-refractivity contribution is 0.0123. The number of pyridine rings is 1. The van der Waals surface area contributed by atoms with E-state index < -0.39 is 5.60 Å². The predicted molar refractivity (Wildman–Crippen MR) is 80.1 cm³/mol. The normalized spacial score (nSPS) is 16.6. The Morgan fingerprint density at radius 3 is 2.62 bits per heavy atom. The number of piperidine rings is 1. The summed E-state index contributed by atoms with van der Waals surface area (Å²) in [5.74, 6) is 0.533. The van der Waals surface area contributed by atoms with Crippen molar-refractivity contribution in [3.8, 4) is 5.88 Å². The molecule has 0 atom stereocenters. The molecule has 2 N–H and O–H groups in total. The van der Waals surface area contributed by atoms with E-state index in [1.54, 1.807) is 23.2 Å². The molecule has 1 aliphatic rings. The van der Waals surface area contributed by atoms with Gasteiger partial charge in [-0.15, -0.1) is 0 Å². The maximum absolute atomic E-state index is 12.0. The zero-order chi connectivity index (χ0) is 15.5. The minimum atomic E-state index is -0.462. The Hall–Kier alpha value is -1.98. The van der Waals surface area contributed by atoms with E-state index in [0.717, 1.165) is 12.8 Å². The van der Waals surface area contributed by atoms with Gasteiger partial charge < -0.3 is 20.1 Å². The molecule has 0 aliphatic carbocycles. The van der Waals surface area contributed by atoms with Gasteiger partial charge in [0.1, 0.15) is 11.7 Å². The summed E-state index contributed by atoms with van der Waals surface area (Å²) < 4.78 is 11.2. The van der Waals surface area contributed by atoms with Crippen LogP contribution in [0.1, 0.15) is 33.6 Å². The number of amides is 1. The van der Waals surface area contributed by atoms with E-state index in [1.165, 1.54) is 0 Å². The summed E-state index contributed by atoms with van der Waals surface area (Å²) in [6.45, 7) is 6.86. The molecule has 1 aliphatic heterocycles. The Labute approximate surface area is 125 Å². The van der Waals surface area contributed by atoms with Crippen LogP contribution in [0.25, 0.3) is 0 Å². The Kier molecular flexibility index (Phi) is 4.55. The Morgan fingerprint density at radius 1 is 1.38 bits per heavy atom. The van der Waals surface area contributed by atoms with Crippen molar-refractivity contribution in [2.24, 2.45) is 0 Å². The van der Waals surface area contributed by atoms with E-state index in [9.17, 15) is 4.79 Å². The van der Waals surface area contributed by atoms with Gasteiger partial charge in [-0.3, -0.25) is 0 Å². The number of hydrogen-bond acceptors (Lipinski definition) is 5. The zero-order valence-electron chi connectivity index (χ0n) is 12.8. The van der Waals surface area contributed by atoms with Crippen LogP contribution in [0.5, 0.6) is 5.88 Å². The number of ether oxygens (including phenoxy) is 2. The minimum Gasteiger partial charge on any atom is -0.474 e. The SMILES string of the molecule is CC(C)(C)OC(=O)N1CCC(Oc2cc(N)ccn2)CC1. The van der Waals surface area contributed by atoms with Gasteiger partial charge in [-0.05, 0) is 26.8 Å². The smallest absolute Gasteiger partial charge is 0.410 e. The number of likely N-dealkylation sites (tertiary alicyclic amines) is 1. The molecular formula is C15H23N3O3. The molecular weight excluding hydrogens is 270 g/mol. The van der Waals surface area contributed by atoms with Crippen LogP contribution >= 0.6 is 0 Å². The molecule has 1 amide bonds. The molecule has 116 valence electrons. The molecule has 1 saturated heterocycles. The van der Waals surface area contributed by atoms with Gasteiger partial charge in [0, 0.05) is 43.9 Å². The first-order valence-electron chi connectivity index (χ1n) is 7.19. The molecule has 0 saturated carbocycles. The van der Waals surface area contributed by atoms with Crippen molar-refractivity contribution in [3.05, 3.63) is 18.3 Å². The number of nitrogens with two attached hydrogens (primary N) is 1. The second kappa shape index (κ2) is 6.20. The van der Waals surface area contributed by atoms with Crippen molar-refractivity contribution in [3.63, 3.8) is 0 Å². The fraction of sp³-hybridized carbons (Fsp3) is 0.600. The summed E-state index contributed by atoms with van der Waals surface area (Å²) >= 11 is 0. The van der Waals surface area contributed by atoms with Crippen LogP contribution in [0.4, 0.5) is 10.5 Å². The van der Waals surface area contributed by atoms with Crippen LogP contribution in [0.2, 0.25) is 0 Å². The molecule has 0 radical (unpaired) electrons. The lowest BCUT2D eigenvalue weighted by Gasteiger charge is -2.33. The maximum Gasteiger partial charge on any atom is 0.410 e. The van der Waals surface area contributed by atoms with Crippen LogP contribution in [0.15, 0.2) is 18.3 Å². The van der Waals surface area contributed by atoms with Crippen molar-refractivity contribution in [2.75, 3.05) is 18.8 Å². The van der Waals surface area contributed by atoms with E-state index in [0.29, 0.717) is 24.7 Å². The summed E-state index contributed by atoms with van der Waals surface area (Å²) in [4.78, 5) is 17.8. The van der Waals surface area contributed by atoms with Gasteiger partial charge in [-0.1, -0.05) is 0 Å². The summed E-state index contributed by atoms with van der Waals surface area (Å²) in [5.41, 5.74) is 5.86. The molecule has 1 aromatic heterocycles. The molecule has 0 bridgehead atoms. The third-order valence-corrected chi connectivity index (χ3v) is 3.14. The summed E-state index contributed by atoms with van der Waals surface area (Å²) in [5, 5.41) is 0. The van der Waals surface area contributed by atoms with E-state index in [2.05, 4.69) is 4.98 Å². The Morgan fingerprint density at radius 2 is 2.05 bits per heavy atom. The molecule has 0 unspecified atom stereocenters. The lowest BCUT2D eigenvalue weighted by Crippen LogP contribution is -2.44. The van der Waals surface area contributed by atoms with Crippen molar-refractivity contribution in [2.45, 2.75) is 45.3 Å². The molecule has 2 heterocycles. The minimum absolute atomic E-state index is 0.0537. The first-order valence-corrected chi connectivity index (χ1v) is 7.19. The number of anilines is 1. The number of aromatic nitrogens is 1. The van der Waals surface area contributed by atoms with Gasteiger partial charge in [0.15, 0.2) is 0 Å². The maximum atomic E-state index is 12.0. The fourth-order valence-corrected chi connectivity index (χ4v) is 2.14. The van der Waals surface area contributed by atoms with E-state index in [4.69, 9.17) is 15.2 Å². The second-order valence-electron chi connectivity index (χ2n) is 6.21. The van der Waals surface area contributed by atoms with Crippen LogP contribution in [0, 0.1) is 0 Å². The van der Waals surface area contributed by atoms with Crippen LogP contribution in [-0.2, 0) is 4.74 Å². The molecule has 1 fully saturated rings. The molecule has 0 spiro atoms. The average Bonchev–Trinajstić information content (AvgIpc) is 2.37. The highest BCUT2D eigenvalue weighted by Crippen LogP contribution is 2.20. The highest BCUT2D eigenvalue weighted by atomic mass is 16.6. The topological polar surface area (TPSA) is 77.7 Å². The number of carbonyl (C=O) groups is 1. The number of hydrogen-bond donors (Lipinski definition) is 1. The van der Waals surface area contributed by atoms with Crippen LogP contribution in [0.3, 0.4) is 0 Å². The van der Waals surface area contributed by atoms with Crippen LogP contribution < -0.4 is 10.5 Å².